The van der Waals surface area contributed by atoms with Crippen LogP contribution >= 0.6 is 11.9 Å². The maximum atomic E-state index is 12.2. The van der Waals surface area contributed by atoms with Crippen molar-refractivity contribution in [3.8, 4) is 11.1 Å². The van der Waals surface area contributed by atoms with Crippen molar-refractivity contribution in [3.63, 3.8) is 0 Å². The van der Waals surface area contributed by atoms with Crippen LogP contribution in [0.15, 0.2) is 51.4 Å². The predicted molar refractivity (Wildman–Crippen MR) is 106 cm³/mol. The Morgan fingerprint density at radius 1 is 1.19 bits per heavy atom. The van der Waals surface area contributed by atoms with Gasteiger partial charge in [-0.1, -0.05) is 12.1 Å². The van der Waals surface area contributed by atoms with E-state index in [9.17, 15) is 4.79 Å². The highest BCUT2D eigenvalue weighted by atomic mass is 32.2. The van der Waals surface area contributed by atoms with Gasteiger partial charge < -0.3 is 15.5 Å². The standard InChI is InChI=1S/C19H20N4O2S/c1-10-8-16-17(25-12(3)22-16)9-15(10)13-4-6-14(7-5-13)23-19(24)18(26-21)11(2)20/h4-9H,20-21H2,1-3H3,(H,23,24)/b18-11-. The third-order valence-electron chi connectivity index (χ3n) is 3.98. The van der Waals surface area contributed by atoms with Crippen LogP contribution in [0, 0.1) is 13.8 Å². The van der Waals surface area contributed by atoms with Gasteiger partial charge in [-0.2, -0.15) is 0 Å². The molecule has 0 unspecified atom stereocenters. The highest BCUT2D eigenvalue weighted by Crippen LogP contribution is 2.29. The van der Waals surface area contributed by atoms with Crippen LogP contribution in [0.25, 0.3) is 22.2 Å². The average molecular weight is 368 g/mol. The number of nitrogens with two attached hydrogens (primary N) is 2. The Kier molecular flexibility index (Phi) is 5.01. The second kappa shape index (κ2) is 7.23. The monoisotopic (exact) mass is 368 g/mol. The van der Waals surface area contributed by atoms with Crippen LogP contribution in [-0.2, 0) is 4.79 Å². The largest absolute Gasteiger partial charge is 0.441 e. The topological polar surface area (TPSA) is 107 Å². The minimum atomic E-state index is -0.319. The van der Waals surface area contributed by atoms with E-state index in [2.05, 4.69) is 10.3 Å². The smallest absolute Gasteiger partial charge is 0.265 e. The van der Waals surface area contributed by atoms with E-state index in [-0.39, 0.29) is 5.91 Å². The summed E-state index contributed by atoms with van der Waals surface area (Å²) in [7, 11) is 0. The van der Waals surface area contributed by atoms with Crippen molar-refractivity contribution in [2.24, 2.45) is 10.9 Å². The lowest BCUT2D eigenvalue weighted by Gasteiger charge is -2.10. The molecule has 3 aromatic rings. The number of carbonyl (C=O) groups is 1. The number of rotatable bonds is 4. The van der Waals surface area contributed by atoms with Crippen LogP contribution in [0.2, 0.25) is 0 Å². The van der Waals surface area contributed by atoms with Gasteiger partial charge in [-0.25, -0.2) is 4.98 Å². The summed E-state index contributed by atoms with van der Waals surface area (Å²) in [5.74, 6) is 0.325. The lowest BCUT2D eigenvalue weighted by molar-refractivity contribution is -0.112. The van der Waals surface area contributed by atoms with E-state index in [0.29, 0.717) is 22.2 Å². The van der Waals surface area contributed by atoms with Gasteiger partial charge in [-0.05, 0) is 66.8 Å². The SMILES string of the molecule is C/C(N)=C(/SN)C(=O)Nc1ccc(-c2cc3oc(C)nc3cc2C)cc1. The Balaban J connectivity index is 1.87. The fraction of sp³-hybridized carbons (Fsp3) is 0.158. The second-order valence-corrected chi connectivity index (χ2v) is 6.67. The van der Waals surface area contributed by atoms with Crippen molar-refractivity contribution in [2.75, 3.05) is 5.32 Å². The van der Waals surface area contributed by atoms with Gasteiger partial charge in [0, 0.05) is 18.3 Å². The summed E-state index contributed by atoms with van der Waals surface area (Å²) in [5, 5.41) is 8.29. The highest BCUT2D eigenvalue weighted by molar-refractivity contribution is 8.01. The number of hydrogen-bond donors (Lipinski definition) is 3. The minimum absolute atomic E-state index is 0.302. The lowest BCUT2D eigenvalue weighted by atomic mass is 10.00. The number of aryl methyl sites for hydroxylation is 2. The van der Waals surface area contributed by atoms with Crippen molar-refractivity contribution in [2.45, 2.75) is 20.8 Å². The van der Waals surface area contributed by atoms with Crippen LogP contribution < -0.4 is 16.2 Å². The molecule has 0 aliphatic heterocycles. The fourth-order valence-electron chi connectivity index (χ4n) is 2.75. The van der Waals surface area contributed by atoms with Crippen molar-refractivity contribution in [1.29, 1.82) is 0 Å². The Labute approximate surface area is 155 Å². The Morgan fingerprint density at radius 2 is 1.88 bits per heavy atom. The minimum Gasteiger partial charge on any atom is -0.441 e. The van der Waals surface area contributed by atoms with Crippen molar-refractivity contribution >= 4 is 34.6 Å². The van der Waals surface area contributed by atoms with Crippen LogP contribution in [0.4, 0.5) is 5.69 Å². The summed E-state index contributed by atoms with van der Waals surface area (Å²) in [6, 6.07) is 11.6. The molecular weight excluding hydrogens is 348 g/mol. The summed E-state index contributed by atoms with van der Waals surface area (Å²) in [6.07, 6.45) is 0. The van der Waals surface area contributed by atoms with E-state index in [0.717, 1.165) is 39.7 Å². The first kappa shape index (κ1) is 18.0. The molecule has 1 aromatic heterocycles. The van der Waals surface area contributed by atoms with E-state index in [4.69, 9.17) is 15.3 Å². The zero-order valence-corrected chi connectivity index (χ0v) is 15.6. The molecule has 5 N–H and O–H groups in total. The van der Waals surface area contributed by atoms with Gasteiger partial charge in [0.2, 0.25) is 0 Å². The van der Waals surface area contributed by atoms with E-state index in [1.54, 1.807) is 6.92 Å². The molecule has 0 fully saturated rings. The molecule has 3 rings (SSSR count). The van der Waals surface area contributed by atoms with E-state index < -0.39 is 0 Å². The summed E-state index contributed by atoms with van der Waals surface area (Å²) < 4.78 is 5.62. The number of nitrogens with one attached hydrogen (secondary N) is 1. The van der Waals surface area contributed by atoms with E-state index in [1.165, 1.54) is 0 Å². The molecule has 0 bridgehead atoms. The highest BCUT2D eigenvalue weighted by Gasteiger charge is 2.12. The molecule has 7 heteroatoms. The van der Waals surface area contributed by atoms with Gasteiger partial charge in [0.15, 0.2) is 11.5 Å². The van der Waals surface area contributed by atoms with Crippen molar-refractivity contribution < 1.29 is 9.21 Å². The zero-order valence-electron chi connectivity index (χ0n) is 14.8. The first-order valence-electron chi connectivity index (χ1n) is 8.01. The lowest BCUT2D eigenvalue weighted by Crippen LogP contribution is -2.17. The third kappa shape index (κ3) is 3.58. The number of anilines is 1. The molecule has 2 aromatic carbocycles. The summed E-state index contributed by atoms with van der Waals surface area (Å²) in [6.45, 7) is 5.51. The Bertz CT molecular complexity index is 1000. The number of amides is 1. The average Bonchev–Trinajstić information content (AvgIpc) is 2.94. The molecule has 6 nitrogen and oxygen atoms in total. The third-order valence-corrected chi connectivity index (χ3v) is 4.72. The summed E-state index contributed by atoms with van der Waals surface area (Å²) >= 11 is 0.837. The summed E-state index contributed by atoms with van der Waals surface area (Å²) in [4.78, 5) is 16.8. The normalized spacial score (nSPS) is 12.2. The Hall–Kier alpha value is -2.77. The van der Waals surface area contributed by atoms with Crippen LogP contribution in [0.5, 0.6) is 0 Å². The number of aromatic nitrogens is 1. The molecule has 0 saturated carbocycles. The maximum absolute atomic E-state index is 12.2. The number of nitrogens with zero attached hydrogens (tertiary/aromatic N) is 1. The molecule has 0 aliphatic rings. The quantitative estimate of drug-likeness (QED) is 0.477. The molecule has 0 spiro atoms. The molecule has 0 saturated heterocycles. The van der Waals surface area contributed by atoms with Gasteiger partial charge >= 0.3 is 0 Å². The van der Waals surface area contributed by atoms with Crippen LogP contribution in [0.3, 0.4) is 0 Å². The maximum Gasteiger partial charge on any atom is 0.265 e. The van der Waals surface area contributed by atoms with Gasteiger partial charge in [0.1, 0.15) is 10.4 Å². The molecule has 1 heterocycles. The number of fused-ring (bicyclic) bond motifs is 1. The number of hydrogen-bond acceptors (Lipinski definition) is 6. The zero-order chi connectivity index (χ0) is 18.8. The fourth-order valence-corrected chi connectivity index (χ4v) is 3.10. The van der Waals surface area contributed by atoms with Gasteiger partial charge in [0.05, 0.1) is 0 Å². The van der Waals surface area contributed by atoms with Gasteiger partial charge in [0.25, 0.3) is 5.91 Å². The predicted octanol–water partition coefficient (Wildman–Crippen LogP) is 3.85. The van der Waals surface area contributed by atoms with E-state index >= 15 is 0 Å². The number of benzene rings is 2. The van der Waals surface area contributed by atoms with Gasteiger partial charge in [-0.15, -0.1) is 0 Å². The molecule has 1 amide bonds. The second-order valence-electron chi connectivity index (χ2n) is 6.03. The van der Waals surface area contributed by atoms with Crippen molar-refractivity contribution in [1.82, 2.24) is 4.98 Å². The molecule has 26 heavy (non-hydrogen) atoms. The number of oxazole rings is 1. The molecular formula is C19H20N4O2S. The number of carbonyl (C=O) groups excluding carboxylic acids is 1. The Morgan fingerprint density at radius 3 is 2.50 bits per heavy atom. The molecule has 134 valence electrons. The molecule has 0 radical (unpaired) electrons. The van der Waals surface area contributed by atoms with Crippen molar-refractivity contribution in [3.05, 3.63) is 58.5 Å². The molecule has 0 aliphatic carbocycles. The van der Waals surface area contributed by atoms with Crippen LogP contribution in [-0.4, -0.2) is 10.9 Å². The van der Waals surface area contributed by atoms with Gasteiger partial charge in [-0.3, -0.25) is 9.93 Å². The van der Waals surface area contributed by atoms with Crippen LogP contribution in [0.1, 0.15) is 18.4 Å². The first-order valence-corrected chi connectivity index (χ1v) is 8.89. The summed E-state index contributed by atoms with van der Waals surface area (Å²) in [5.41, 5.74) is 11.5. The number of allylic oxidation sites excluding steroid dienone is 1. The molecule has 0 atom stereocenters. The van der Waals surface area contributed by atoms with E-state index in [1.807, 2.05) is 50.2 Å². The first-order chi connectivity index (χ1) is 12.4.